The quantitative estimate of drug-likeness (QED) is 0.154. The maximum Gasteiger partial charge on any atom is 0.330 e. The van der Waals surface area contributed by atoms with E-state index in [0.29, 0.717) is 17.9 Å². The highest BCUT2D eigenvalue weighted by Gasteiger charge is 2.48. The molecule has 210 valence electrons. The monoisotopic (exact) mass is 526 g/mol. The van der Waals surface area contributed by atoms with E-state index in [-0.39, 0.29) is 17.6 Å². The van der Waals surface area contributed by atoms with E-state index < -0.39 is 35.5 Å². The summed E-state index contributed by atoms with van der Waals surface area (Å²) in [5.41, 5.74) is 1.39. The average Bonchev–Trinajstić information content (AvgIpc) is 2.83. The van der Waals surface area contributed by atoms with Crippen molar-refractivity contribution in [3.63, 3.8) is 0 Å². The van der Waals surface area contributed by atoms with Gasteiger partial charge in [0.2, 0.25) is 0 Å². The number of cyclic esters (lactones) is 1. The van der Waals surface area contributed by atoms with Crippen molar-refractivity contribution in [1.29, 1.82) is 0 Å². The van der Waals surface area contributed by atoms with Crippen molar-refractivity contribution < 1.29 is 29.3 Å². The van der Waals surface area contributed by atoms with Gasteiger partial charge in [-0.15, -0.1) is 0 Å². The summed E-state index contributed by atoms with van der Waals surface area (Å²) in [5, 5.41) is 20.1. The smallest absolute Gasteiger partial charge is 0.330 e. The van der Waals surface area contributed by atoms with Crippen LogP contribution in [0.15, 0.2) is 71.9 Å². The van der Waals surface area contributed by atoms with Crippen molar-refractivity contribution in [3.05, 3.63) is 71.9 Å². The zero-order valence-corrected chi connectivity index (χ0v) is 24.2. The van der Waals surface area contributed by atoms with E-state index in [1.807, 2.05) is 39.0 Å². The number of aliphatic hydroxyl groups is 1. The Morgan fingerprint density at radius 1 is 1.18 bits per heavy atom. The predicted molar refractivity (Wildman–Crippen MR) is 152 cm³/mol. The van der Waals surface area contributed by atoms with Gasteiger partial charge >= 0.3 is 11.9 Å². The van der Waals surface area contributed by atoms with Crippen LogP contribution in [0, 0.1) is 29.1 Å². The number of hydrogen-bond donors (Lipinski definition) is 2. The van der Waals surface area contributed by atoms with Gasteiger partial charge in [-0.05, 0) is 52.4 Å². The second-order valence-corrected chi connectivity index (χ2v) is 11.1. The molecule has 0 aromatic carbocycles. The van der Waals surface area contributed by atoms with Gasteiger partial charge in [0, 0.05) is 24.0 Å². The number of hydrogen-bond acceptors (Lipinski definition) is 5. The maximum absolute atomic E-state index is 14.0. The van der Waals surface area contributed by atoms with Crippen LogP contribution in [-0.2, 0) is 19.1 Å². The first-order chi connectivity index (χ1) is 17.6. The molecule has 7 atom stereocenters. The molecule has 0 radical (unpaired) electrons. The van der Waals surface area contributed by atoms with Crippen LogP contribution in [0.25, 0.3) is 0 Å². The van der Waals surface area contributed by atoms with Gasteiger partial charge in [0.05, 0.1) is 11.5 Å². The second kappa shape index (κ2) is 14.8. The molecular weight excluding hydrogens is 480 g/mol. The standard InChI is InChI=1S/C32H46O6/c1-10-20(2)16-21(3)12-11-13-22(4)19-32(9,31-24(6)14-15-28(35)38-31)30(37)26(8)29(36)25(7)17-23(5)18-27(33)34/h10-11,13-16,18-19,21,24-26,29,31,36H,1,12,17H2,2-9H3,(H,33,34)/b13-11+,20-16-,22-19+,23-18+/t21?,24-,25?,26?,29?,31-,32?/m0/s1. The lowest BCUT2D eigenvalue weighted by Gasteiger charge is -2.40. The van der Waals surface area contributed by atoms with E-state index in [0.717, 1.165) is 23.6 Å². The summed E-state index contributed by atoms with van der Waals surface area (Å²) in [5.74, 6) is -2.78. The van der Waals surface area contributed by atoms with E-state index in [2.05, 4.69) is 25.7 Å². The first-order valence-corrected chi connectivity index (χ1v) is 13.3. The fraction of sp³-hybridized carbons (Fsp3) is 0.531. The summed E-state index contributed by atoms with van der Waals surface area (Å²) in [7, 11) is 0. The molecule has 1 aliphatic rings. The van der Waals surface area contributed by atoms with Crippen molar-refractivity contribution in [2.24, 2.45) is 29.1 Å². The molecule has 0 aromatic rings. The van der Waals surface area contributed by atoms with Crippen LogP contribution in [0.4, 0.5) is 0 Å². The number of carbonyl (C=O) groups is 3. The molecule has 0 spiro atoms. The molecule has 0 amide bonds. The number of ether oxygens (including phenoxy) is 1. The Kier molecular flexibility index (Phi) is 12.9. The molecule has 1 heterocycles. The van der Waals surface area contributed by atoms with Gasteiger partial charge in [-0.3, -0.25) is 4.79 Å². The summed E-state index contributed by atoms with van der Waals surface area (Å²) in [4.78, 5) is 37.2. The highest BCUT2D eigenvalue weighted by atomic mass is 16.5. The molecule has 6 nitrogen and oxygen atoms in total. The third kappa shape index (κ3) is 9.71. The third-order valence-corrected chi connectivity index (χ3v) is 7.19. The normalized spacial score (nSPS) is 23.8. The molecule has 6 heteroatoms. The molecule has 2 N–H and O–H groups in total. The Balaban J connectivity index is 3.31. The van der Waals surface area contributed by atoms with Crippen LogP contribution in [0.3, 0.4) is 0 Å². The van der Waals surface area contributed by atoms with Crippen LogP contribution < -0.4 is 0 Å². The molecule has 0 saturated heterocycles. The van der Waals surface area contributed by atoms with Crippen molar-refractivity contribution in [3.8, 4) is 0 Å². The number of aliphatic carboxylic acids is 1. The number of ketones is 1. The van der Waals surface area contributed by atoms with E-state index >= 15 is 0 Å². The van der Waals surface area contributed by atoms with Crippen LogP contribution >= 0.6 is 0 Å². The van der Waals surface area contributed by atoms with Gasteiger partial charge in [-0.25, -0.2) is 9.59 Å². The maximum atomic E-state index is 14.0. The van der Waals surface area contributed by atoms with Crippen LogP contribution in [-0.4, -0.2) is 40.1 Å². The Bertz CT molecular complexity index is 1030. The summed E-state index contributed by atoms with van der Waals surface area (Å²) in [6.07, 6.45) is 13.5. The number of carbonyl (C=O) groups excluding carboxylic acids is 2. The summed E-state index contributed by atoms with van der Waals surface area (Å²) < 4.78 is 5.69. The Hall–Kier alpha value is -2.99. The highest BCUT2D eigenvalue weighted by molar-refractivity contribution is 5.91. The summed E-state index contributed by atoms with van der Waals surface area (Å²) >= 11 is 0. The first-order valence-electron chi connectivity index (χ1n) is 13.3. The van der Waals surface area contributed by atoms with Gasteiger partial charge in [-0.2, -0.15) is 0 Å². The van der Waals surface area contributed by atoms with Crippen molar-refractivity contribution in [2.75, 3.05) is 0 Å². The predicted octanol–water partition coefficient (Wildman–Crippen LogP) is 6.39. The minimum absolute atomic E-state index is 0.204. The van der Waals surface area contributed by atoms with Gasteiger partial charge in [0.15, 0.2) is 5.78 Å². The lowest BCUT2D eigenvalue weighted by atomic mass is 9.68. The van der Waals surface area contributed by atoms with Gasteiger partial charge in [0.1, 0.15) is 6.10 Å². The lowest BCUT2D eigenvalue weighted by Crippen LogP contribution is -2.50. The fourth-order valence-corrected chi connectivity index (χ4v) is 5.18. The Morgan fingerprint density at radius 3 is 2.39 bits per heavy atom. The van der Waals surface area contributed by atoms with Crippen LogP contribution in [0.1, 0.15) is 68.2 Å². The molecule has 0 bridgehead atoms. The largest absolute Gasteiger partial charge is 0.478 e. The van der Waals surface area contributed by atoms with Gasteiger partial charge in [-0.1, -0.05) is 87.4 Å². The topological polar surface area (TPSA) is 101 Å². The second-order valence-electron chi connectivity index (χ2n) is 11.1. The van der Waals surface area contributed by atoms with E-state index in [4.69, 9.17) is 9.84 Å². The molecule has 0 aromatic heterocycles. The molecule has 1 aliphatic heterocycles. The molecule has 5 unspecified atom stereocenters. The number of rotatable bonds is 14. The molecule has 38 heavy (non-hydrogen) atoms. The van der Waals surface area contributed by atoms with Gasteiger partial charge < -0.3 is 14.9 Å². The third-order valence-electron chi connectivity index (χ3n) is 7.19. The fourth-order valence-electron chi connectivity index (χ4n) is 5.18. The molecule has 0 fully saturated rings. The SMILES string of the molecule is C=C/C(C)=C\C(C)C/C=C/C(C)=C/C(C)(C(=O)C(C)C(O)C(C)C/C(C)=C/C(=O)O)[C@H]1OC(=O)C=C[C@@H]1C. The number of Topliss-reactive ketones (excluding diaryl/α,β-unsaturated/α-hetero) is 1. The highest BCUT2D eigenvalue weighted by Crippen LogP contribution is 2.39. The number of carboxylic acids is 1. The van der Waals surface area contributed by atoms with Crippen molar-refractivity contribution in [2.45, 2.75) is 80.4 Å². The van der Waals surface area contributed by atoms with Crippen LogP contribution in [0.2, 0.25) is 0 Å². The first kappa shape index (κ1) is 33.0. The minimum atomic E-state index is -1.19. The Labute approximate surface area is 228 Å². The van der Waals surface area contributed by atoms with Crippen LogP contribution in [0.5, 0.6) is 0 Å². The molecule has 0 aliphatic carbocycles. The molecular formula is C32H46O6. The number of aliphatic hydroxyl groups excluding tert-OH is 1. The Morgan fingerprint density at radius 2 is 1.82 bits per heavy atom. The van der Waals surface area contributed by atoms with Crippen molar-refractivity contribution >= 4 is 17.7 Å². The van der Waals surface area contributed by atoms with E-state index in [1.165, 1.54) is 6.08 Å². The number of carboxylic acid groups (broad SMARTS) is 1. The van der Waals surface area contributed by atoms with Crippen molar-refractivity contribution in [1.82, 2.24) is 0 Å². The molecule has 1 rings (SSSR count). The average molecular weight is 527 g/mol. The zero-order valence-electron chi connectivity index (χ0n) is 24.2. The summed E-state index contributed by atoms with van der Waals surface area (Å²) in [6, 6.07) is 0. The minimum Gasteiger partial charge on any atom is -0.478 e. The number of allylic oxidation sites excluding steroid dienone is 7. The number of esters is 1. The summed E-state index contributed by atoms with van der Waals surface area (Å²) in [6.45, 7) is 18.7. The van der Waals surface area contributed by atoms with E-state index in [9.17, 15) is 19.5 Å². The molecule has 0 saturated carbocycles. The lowest BCUT2D eigenvalue weighted by molar-refractivity contribution is -0.158. The zero-order chi connectivity index (χ0) is 29.2. The van der Waals surface area contributed by atoms with E-state index in [1.54, 1.807) is 33.8 Å². The van der Waals surface area contributed by atoms with Gasteiger partial charge in [0.25, 0.3) is 0 Å².